The van der Waals surface area contributed by atoms with Crippen LogP contribution in [0.3, 0.4) is 0 Å². The molecule has 0 aliphatic carbocycles. The molecule has 0 aromatic carbocycles. The van der Waals surface area contributed by atoms with E-state index in [-0.39, 0.29) is 0 Å². The average Bonchev–Trinajstić information content (AvgIpc) is 2.64. The van der Waals surface area contributed by atoms with E-state index in [0.717, 1.165) is 12.8 Å². The van der Waals surface area contributed by atoms with Crippen molar-refractivity contribution in [2.24, 2.45) is 0 Å². The molecule has 0 aromatic rings. The fraction of sp³-hybridized carbons (Fsp3) is 1.00. The highest BCUT2D eigenvalue weighted by Crippen LogP contribution is 2.33. The van der Waals surface area contributed by atoms with E-state index in [4.69, 9.17) is 9.05 Å². The molecule has 3 nitrogen and oxygen atoms in total. The molecule has 0 radical (unpaired) electrons. The highest BCUT2D eigenvalue weighted by atomic mass is 31.2. The van der Waals surface area contributed by atoms with Gasteiger partial charge in [-0.2, -0.15) is 0 Å². The van der Waals surface area contributed by atoms with Gasteiger partial charge in [0.15, 0.2) is 0 Å². The van der Waals surface area contributed by atoms with E-state index in [1.807, 2.05) is 0 Å². The summed E-state index contributed by atoms with van der Waals surface area (Å²) < 4.78 is 10.8. The summed E-state index contributed by atoms with van der Waals surface area (Å²) in [6.07, 6.45) is 23.5. The fourth-order valence-corrected chi connectivity index (χ4v) is 3.79. The molecule has 0 bridgehead atoms. The predicted octanol–water partition coefficient (Wildman–Crippen LogP) is 8.30. The molecule has 0 aromatic heterocycles. The molecule has 26 heavy (non-hydrogen) atoms. The third kappa shape index (κ3) is 22.4. The Bertz CT molecular complexity index is 228. The molecule has 0 unspecified atom stereocenters. The van der Waals surface area contributed by atoms with Gasteiger partial charge in [0.1, 0.15) is 0 Å². The lowest BCUT2D eigenvalue weighted by molar-refractivity contribution is 0.193. The molecule has 0 atom stereocenters. The molecule has 1 N–H and O–H groups in total. The van der Waals surface area contributed by atoms with E-state index in [9.17, 15) is 4.89 Å². The first-order valence-electron chi connectivity index (χ1n) is 11.6. The molecule has 0 heterocycles. The smallest absolute Gasteiger partial charge is 0.328 e. The first kappa shape index (κ1) is 26.3. The lowest BCUT2D eigenvalue weighted by atomic mass is 10.1. The molecule has 0 saturated carbocycles. The van der Waals surface area contributed by atoms with Crippen LogP contribution in [0.15, 0.2) is 0 Å². The van der Waals surface area contributed by atoms with Gasteiger partial charge in [-0.15, -0.1) is 0 Å². The van der Waals surface area contributed by atoms with Crippen molar-refractivity contribution in [2.75, 3.05) is 13.2 Å². The number of hydrogen-bond donors (Lipinski definition) is 1. The summed E-state index contributed by atoms with van der Waals surface area (Å²) in [6.45, 7) is 5.79. The van der Waals surface area contributed by atoms with E-state index < -0.39 is 8.60 Å². The van der Waals surface area contributed by atoms with Crippen LogP contribution in [-0.2, 0) is 9.05 Å². The van der Waals surface area contributed by atoms with E-state index in [1.165, 1.54) is 103 Å². The normalized spacial score (nSPS) is 11.5. The van der Waals surface area contributed by atoms with Crippen LogP contribution in [0.25, 0.3) is 0 Å². The summed E-state index contributed by atoms with van der Waals surface area (Å²) in [5, 5.41) is 0. The molecule has 0 fully saturated rings. The maximum absolute atomic E-state index is 9.72. The van der Waals surface area contributed by atoms with Crippen LogP contribution in [0.4, 0.5) is 0 Å². The Kier molecular flexibility index (Phi) is 23.6. The molecular formula is C22H47O3P. The fourth-order valence-electron chi connectivity index (χ4n) is 3.15. The van der Waals surface area contributed by atoms with Gasteiger partial charge in [-0.3, -0.25) is 0 Å². The quantitative estimate of drug-likeness (QED) is 0.149. The minimum Gasteiger partial charge on any atom is -0.328 e. The van der Waals surface area contributed by atoms with Crippen molar-refractivity contribution in [2.45, 2.75) is 129 Å². The van der Waals surface area contributed by atoms with Gasteiger partial charge < -0.3 is 13.9 Å². The van der Waals surface area contributed by atoms with Crippen molar-refractivity contribution in [3.63, 3.8) is 0 Å². The summed E-state index contributed by atoms with van der Waals surface area (Å²) in [7, 11) is -1.65. The molecule has 158 valence electrons. The average molecular weight is 391 g/mol. The molecule has 0 spiro atoms. The lowest BCUT2D eigenvalue weighted by Crippen LogP contribution is -1.95. The number of rotatable bonds is 22. The van der Waals surface area contributed by atoms with Crippen LogP contribution in [0.5, 0.6) is 0 Å². The molecule has 0 aliphatic rings. The molecule has 0 aliphatic heterocycles. The Labute approximate surface area is 165 Å². The van der Waals surface area contributed by atoms with Gasteiger partial charge >= 0.3 is 8.60 Å². The van der Waals surface area contributed by atoms with Crippen molar-refractivity contribution in [3.05, 3.63) is 0 Å². The molecular weight excluding hydrogens is 343 g/mol. The van der Waals surface area contributed by atoms with Crippen LogP contribution in [0, 0.1) is 0 Å². The van der Waals surface area contributed by atoms with Gasteiger partial charge in [-0.1, -0.05) is 117 Å². The molecule has 0 rings (SSSR count). The zero-order chi connectivity index (χ0) is 19.1. The van der Waals surface area contributed by atoms with Gasteiger partial charge in [0.25, 0.3) is 0 Å². The minimum absolute atomic E-state index is 0.635. The Morgan fingerprint density at radius 2 is 0.731 bits per heavy atom. The number of hydrogen-bond acceptors (Lipinski definition) is 3. The third-order valence-electron chi connectivity index (χ3n) is 4.90. The standard InChI is InChI=1S/C22H47O3P/c1-3-5-7-9-11-13-15-17-19-21-24-26(23)25-22-20-18-16-14-12-10-8-6-4-2/h23H,3-22H2,1-2H3. The third-order valence-corrected chi connectivity index (χ3v) is 5.71. The Hall–Kier alpha value is 0.310. The summed E-state index contributed by atoms with van der Waals surface area (Å²) in [6, 6.07) is 0. The largest absolute Gasteiger partial charge is 0.329 e. The first-order chi connectivity index (χ1) is 12.8. The van der Waals surface area contributed by atoms with Crippen molar-refractivity contribution < 1.29 is 13.9 Å². The van der Waals surface area contributed by atoms with Crippen molar-refractivity contribution in [3.8, 4) is 0 Å². The van der Waals surface area contributed by atoms with Gasteiger partial charge in [0, 0.05) is 0 Å². The zero-order valence-corrected chi connectivity index (χ0v) is 18.7. The highest BCUT2D eigenvalue weighted by Gasteiger charge is 2.05. The summed E-state index contributed by atoms with van der Waals surface area (Å²) in [4.78, 5) is 9.72. The van der Waals surface area contributed by atoms with Crippen LogP contribution >= 0.6 is 8.60 Å². The molecule has 4 heteroatoms. The molecule has 0 saturated heterocycles. The second-order valence-corrected chi connectivity index (χ2v) is 8.55. The maximum atomic E-state index is 9.72. The van der Waals surface area contributed by atoms with Crippen molar-refractivity contribution in [1.82, 2.24) is 0 Å². The maximum Gasteiger partial charge on any atom is 0.329 e. The zero-order valence-electron chi connectivity index (χ0n) is 17.9. The highest BCUT2D eigenvalue weighted by molar-refractivity contribution is 7.40. The van der Waals surface area contributed by atoms with Crippen molar-refractivity contribution in [1.29, 1.82) is 0 Å². The summed E-state index contributed by atoms with van der Waals surface area (Å²) in [5.41, 5.74) is 0. The first-order valence-corrected chi connectivity index (χ1v) is 12.7. The van der Waals surface area contributed by atoms with Gasteiger partial charge in [-0.05, 0) is 12.8 Å². The minimum atomic E-state index is -1.65. The second kappa shape index (κ2) is 23.3. The second-order valence-electron chi connectivity index (χ2n) is 7.56. The molecule has 0 amide bonds. The lowest BCUT2D eigenvalue weighted by Gasteiger charge is -2.10. The monoisotopic (exact) mass is 390 g/mol. The Morgan fingerprint density at radius 1 is 0.462 bits per heavy atom. The predicted molar refractivity (Wildman–Crippen MR) is 115 cm³/mol. The van der Waals surface area contributed by atoms with Crippen LogP contribution in [0.1, 0.15) is 129 Å². The SMILES string of the molecule is CCCCCCCCCCCOP(O)OCCCCCCCCCCC. The van der Waals surface area contributed by atoms with Crippen LogP contribution in [-0.4, -0.2) is 18.1 Å². The van der Waals surface area contributed by atoms with Gasteiger partial charge in [0.2, 0.25) is 0 Å². The van der Waals surface area contributed by atoms with E-state index in [1.54, 1.807) is 0 Å². The summed E-state index contributed by atoms with van der Waals surface area (Å²) >= 11 is 0. The van der Waals surface area contributed by atoms with Gasteiger partial charge in [-0.25, -0.2) is 0 Å². The topological polar surface area (TPSA) is 38.7 Å². The van der Waals surface area contributed by atoms with Crippen LogP contribution in [0.2, 0.25) is 0 Å². The van der Waals surface area contributed by atoms with Gasteiger partial charge in [0.05, 0.1) is 13.2 Å². The van der Waals surface area contributed by atoms with E-state index in [0.29, 0.717) is 13.2 Å². The number of unbranched alkanes of at least 4 members (excludes halogenated alkanes) is 16. The summed E-state index contributed by atoms with van der Waals surface area (Å²) in [5.74, 6) is 0. The Morgan fingerprint density at radius 3 is 1.04 bits per heavy atom. The van der Waals surface area contributed by atoms with Crippen LogP contribution < -0.4 is 0 Å². The Balaban J connectivity index is 3.12. The van der Waals surface area contributed by atoms with Crippen molar-refractivity contribution >= 4 is 8.60 Å². The van der Waals surface area contributed by atoms with E-state index in [2.05, 4.69) is 13.8 Å². The van der Waals surface area contributed by atoms with E-state index >= 15 is 0 Å².